The summed E-state index contributed by atoms with van der Waals surface area (Å²) in [7, 11) is 0. The Bertz CT molecular complexity index is 956. The lowest BCUT2D eigenvalue weighted by molar-refractivity contribution is -0.384. The summed E-state index contributed by atoms with van der Waals surface area (Å²) in [4.78, 5) is 10.5. The van der Waals surface area contributed by atoms with E-state index in [0.29, 0.717) is 21.6 Å². The van der Waals surface area contributed by atoms with E-state index in [1.165, 1.54) is 23.9 Å². The summed E-state index contributed by atoms with van der Waals surface area (Å²) < 4.78 is 1.62. The predicted molar refractivity (Wildman–Crippen MR) is 103 cm³/mol. The van der Waals surface area contributed by atoms with Gasteiger partial charge in [0.2, 0.25) is 5.16 Å². The molecule has 0 N–H and O–H groups in total. The van der Waals surface area contributed by atoms with Gasteiger partial charge in [0.15, 0.2) is 5.82 Å². The second kappa shape index (κ2) is 8.11. The minimum atomic E-state index is -0.437. The van der Waals surface area contributed by atoms with Crippen LogP contribution in [0.3, 0.4) is 0 Å². The van der Waals surface area contributed by atoms with Crippen molar-refractivity contribution >= 4 is 35.3 Å². The Balaban J connectivity index is 2.00. The third kappa shape index (κ3) is 4.09. The zero-order valence-electron chi connectivity index (χ0n) is 13.7. The van der Waals surface area contributed by atoms with Gasteiger partial charge in [-0.3, -0.25) is 10.1 Å². The molecule has 0 bridgehead atoms. The molecule has 0 amide bonds. The number of nitro groups is 1. The van der Waals surface area contributed by atoms with Gasteiger partial charge < -0.3 is 0 Å². The summed E-state index contributed by atoms with van der Waals surface area (Å²) in [5.74, 6) is 1.38. The number of hydrogen-bond donors (Lipinski definition) is 0. The van der Waals surface area contributed by atoms with Crippen molar-refractivity contribution in [2.45, 2.75) is 12.1 Å². The van der Waals surface area contributed by atoms with E-state index < -0.39 is 4.92 Å². The molecule has 0 aliphatic rings. The van der Waals surface area contributed by atoms with Gasteiger partial charge in [-0.05, 0) is 30.0 Å². The summed E-state index contributed by atoms with van der Waals surface area (Å²) in [5.41, 5.74) is 1.45. The van der Waals surface area contributed by atoms with Gasteiger partial charge in [-0.15, -0.1) is 10.2 Å². The van der Waals surface area contributed by atoms with Crippen LogP contribution in [-0.4, -0.2) is 31.8 Å². The van der Waals surface area contributed by atoms with Crippen molar-refractivity contribution in [1.82, 2.24) is 14.9 Å². The Hall–Kier alpha value is -2.71. The van der Waals surface area contributed by atoms with Gasteiger partial charge in [-0.1, -0.05) is 42.4 Å². The fourth-order valence-corrected chi connectivity index (χ4v) is 2.95. The molecule has 3 aromatic rings. The first-order valence-corrected chi connectivity index (χ1v) is 9.08. The maximum Gasteiger partial charge on any atom is 0.270 e. The maximum absolute atomic E-state index is 10.9. The summed E-state index contributed by atoms with van der Waals surface area (Å²) in [6, 6.07) is 13.5. The topological polar surface area (TPSA) is 86.2 Å². The standard InChI is InChI=1S/C17H14ClN5O2S/c1-2-26-17-21-20-16(13-6-8-14(18)9-7-13)22(17)19-11-12-4-3-5-15(10-12)23(24)25/h3-11H,2H2,1H3. The van der Waals surface area contributed by atoms with Gasteiger partial charge in [-0.2, -0.15) is 9.78 Å². The van der Waals surface area contributed by atoms with E-state index in [1.54, 1.807) is 35.2 Å². The van der Waals surface area contributed by atoms with Crippen molar-refractivity contribution < 1.29 is 4.92 Å². The van der Waals surface area contributed by atoms with E-state index in [2.05, 4.69) is 15.3 Å². The summed E-state index contributed by atoms with van der Waals surface area (Å²) in [6.07, 6.45) is 1.55. The molecule has 7 nitrogen and oxygen atoms in total. The maximum atomic E-state index is 10.9. The fraction of sp³-hybridized carbons (Fsp3) is 0.118. The van der Waals surface area contributed by atoms with Crippen LogP contribution in [0.4, 0.5) is 5.69 Å². The molecule has 3 rings (SSSR count). The monoisotopic (exact) mass is 387 g/mol. The molecule has 0 aliphatic heterocycles. The zero-order chi connectivity index (χ0) is 18.5. The van der Waals surface area contributed by atoms with E-state index in [4.69, 9.17) is 11.6 Å². The Morgan fingerprint density at radius 2 is 2.04 bits per heavy atom. The normalized spacial score (nSPS) is 11.2. The number of rotatable bonds is 6. The van der Waals surface area contributed by atoms with Crippen LogP contribution in [0.1, 0.15) is 12.5 Å². The van der Waals surface area contributed by atoms with Crippen LogP contribution < -0.4 is 0 Å². The molecular weight excluding hydrogens is 374 g/mol. The summed E-state index contributed by atoms with van der Waals surface area (Å²) in [5, 5.41) is 25.0. The highest BCUT2D eigenvalue weighted by Gasteiger charge is 2.13. The van der Waals surface area contributed by atoms with Crippen molar-refractivity contribution in [2.75, 3.05) is 5.75 Å². The summed E-state index contributed by atoms with van der Waals surface area (Å²) >= 11 is 7.45. The van der Waals surface area contributed by atoms with E-state index in [0.717, 1.165) is 11.3 Å². The Morgan fingerprint density at radius 3 is 2.73 bits per heavy atom. The number of nitrogens with zero attached hydrogens (tertiary/aromatic N) is 5. The number of thioether (sulfide) groups is 1. The van der Waals surface area contributed by atoms with Crippen LogP contribution in [-0.2, 0) is 0 Å². The minimum Gasteiger partial charge on any atom is -0.258 e. The number of aromatic nitrogens is 3. The van der Waals surface area contributed by atoms with Crippen molar-refractivity contribution in [2.24, 2.45) is 5.10 Å². The van der Waals surface area contributed by atoms with Crippen molar-refractivity contribution in [1.29, 1.82) is 0 Å². The highest BCUT2D eigenvalue weighted by molar-refractivity contribution is 7.99. The molecule has 0 spiro atoms. The fourth-order valence-electron chi connectivity index (χ4n) is 2.21. The number of non-ortho nitro benzene ring substituents is 1. The second-order valence-electron chi connectivity index (χ2n) is 5.15. The van der Waals surface area contributed by atoms with E-state index in [-0.39, 0.29) is 5.69 Å². The SMILES string of the molecule is CCSc1nnc(-c2ccc(Cl)cc2)n1N=Cc1cccc([N+](=O)[O-])c1. The minimum absolute atomic E-state index is 0.0128. The second-order valence-corrected chi connectivity index (χ2v) is 6.82. The zero-order valence-corrected chi connectivity index (χ0v) is 15.3. The lowest BCUT2D eigenvalue weighted by Gasteiger charge is -2.04. The van der Waals surface area contributed by atoms with Crippen LogP contribution in [0.15, 0.2) is 58.8 Å². The van der Waals surface area contributed by atoms with Gasteiger partial charge in [0.1, 0.15) is 0 Å². The van der Waals surface area contributed by atoms with E-state index in [9.17, 15) is 10.1 Å². The van der Waals surface area contributed by atoms with E-state index in [1.807, 2.05) is 19.1 Å². The van der Waals surface area contributed by atoms with Crippen LogP contribution in [0.5, 0.6) is 0 Å². The average Bonchev–Trinajstić information content (AvgIpc) is 3.04. The number of hydrogen-bond acceptors (Lipinski definition) is 6. The molecular formula is C17H14ClN5O2S. The third-order valence-electron chi connectivity index (χ3n) is 3.39. The van der Waals surface area contributed by atoms with Crippen molar-refractivity contribution in [3.8, 4) is 11.4 Å². The average molecular weight is 388 g/mol. The summed E-state index contributed by atoms with van der Waals surface area (Å²) in [6.45, 7) is 2.01. The molecule has 1 aromatic heterocycles. The quantitative estimate of drug-likeness (QED) is 0.269. The Kier molecular flexibility index (Phi) is 5.65. The Labute approximate surface area is 158 Å². The first-order chi connectivity index (χ1) is 12.6. The molecule has 132 valence electrons. The molecule has 0 fully saturated rings. The van der Waals surface area contributed by atoms with Crippen LogP contribution in [0.2, 0.25) is 5.02 Å². The highest BCUT2D eigenvalue weighted by Crippen LogP contribution is 2.25. The van der Waals surface area contributed by atoms with Gasteiger partial charge in [0, 0.05) is 28.3 Å². The van der Waals surface area contributed by atoms with Gasteiger partial charge in [-0.25, -0.2) is 0 Å². The lowest BCUT2D eigenvalue weighted by Crippen LogP contribution is -1.97. The number of halogens is 1. The first-order valence-electron chi connectivity index (χ1n) is 7.71. The molecule has 0 saturated carbocycles. The van der Waals surface area contributed by atoms with Crippen molar-refractivity contribution in [3.63, 3.8) is 0 Å². The van der Waals surface area contributed by atoms with Gasteiger partial charge in [0.05, 0.1) is 11.1 Å². The molecule has 0 radical (unpaired) electrons. The van der Waals surface area contributed by atoms with Gasteiger partial charge >= 0.3 is 0 Å². The third-order valence-corrected chi connectivity index (χ3v) is 4.44. The molecule has 2 aromatic carbocycles. The molecule has 0 aliphatic carbocycles. The largest absolute Gasteiger partial charge is 0.270 e. The van der Waals surface area contributed by atoms with Gasteiger partial charge in [0.25, 0.3) is 5.69 Å². The molecule has 9 heteroatoms. The van der Waals surface area contributed by atoms with Crippen LogP contribution in [0.25, 0.3) is 11.4 Å². The molecule has 0 atom stereocenters. The molecule has 0 unspecified atom stereocenters. The van der Waals surface area contributed by atoms with Crippen LogP contribution >= 0.6 is 23.4 Å². The molecule has 1 heterocycles. The lowest BCUT2D eigenvalue weighted by atomic mass is 10.2. The highest BCUT2D eigenvalue weighted by atomic mass is 35.5. The van der Waals surface area contributed by atoms with E-state index >= 15 is 0 Å². The molecule has 26 heavy (non-hydrogen) atoms. The smallest absolute Gasteiger partial charge is 0.258 e. The van der Waals surface area contributed by atoms with Crippen molar-refractivity contribution in [3.05, 3.63) is 69.2 Å². The number of benzene rings is 2. The van der Waals surface area contributed by atoms with Crippen LogP contribution in [0, 0.1) is 10.1 Å². The number of nitro benzene ring substituents is 1. The first kappa shape index (κ1) is 18.1. The molecule has 0 saturated heterocycles. The predicted octanol–water partition coefficient (Wildman–Crippen LogP) is 4.50. The Morgan fingerprint density at radius 1 is 1.27 bits per heavy atom.